The minimum atomic E-state index is -0.351. The SMILES string of the molecule is O=[N+]([O-])c1ccc(CNC2CC2)cc1OC1CCCCC1. The van der Waals surface area contributed by atoms with E-state index >= 15 is 0 Å². The first-order chi connectivity index (χ1) is 10.2. The minimum absolute atomic E-state index is 0.0794. The van der Waals surface area contributed by atoms with Gasteiger partial charge in [-0.2, -0.15) is 0 Å². The van der Waals surface area contributed by atoms with Crippen molar-refractivity contribution in [3.05, 3.63) is 33.9 Å². The van der Waals surface area contributed by atoms with Crippen molar-refractivity contribution < 1.29 is 9.66 Å². The van der Waals surface area contributed by atoms with Gasteiger partial charge < -0.3 is 10.1 Å². The first kappa shape index (κ1) is 14.3. The maximum absolute atomic E-state index is 11.2. The highest BCUT2D eigenvalue weighted by molar-refractivity contribution is 5.48. The third kappa shape index (κ3) is 3.94. The van der Waals surface area contributed by atoms with Gasteiger partial charge in [-0.25, -0.2) is 0 Å². The first-order valence-corrected chi connectivity index (χ1v) is 7.90. The Kier molecular flexibility index (Phi) is 4.39. The number of nitrogens with zero attached hydrogens (tertiary/aromatic N) is 1. The summed E-state index contributed by atoms with van der Waals surface area (Å²) < 4.78 is 5.94. The molecule has 0 amide bonds. The molecule has 0 atom stereocenters. The zero-order chi connectivity index (χ0) is 14.7. The molecule has 0 bridgehead atoms. The number of hydrogen-bond donors (Lipinski definition) is 1. The van der Waals surface area contributed by atoms with Crippen molar-refractivity contribution in [3.8, 4) is 5.75 Å². The van der Waals surface area contributed by atoms with Gasteiger partial charge in [0.1, 0.15) is 0 Å². The average Bonchev–Trinajstić information content (AvgIpc) is 3.30. The Hall–Kier alpha value is -1.62. The van der Waals surface area contributed by atoms with Crippen LogP contribution in [0.4, 0.5) is 5.69 Å². The fourth-order valence-electron chi connectivity index (χ4n) is 2.83. The van der Waals surface area contributed by atoms with E-state index in [2.05, 4.69) is 5.32 Å². The van der Waals surface area contributed by atoms with Gasteiger partial charge in [0.05, 0.1) is 11.0 Å². The number of nitro benzene ring substituents is 1. The lowest BCUT2D eigenvalue weighted by Crippen LogP contribution is -2.20. The van der Waals surface area contributed by atoms with E-state index < -0.39 is 0 Å². The molecule has 1 N–H and O–H groups in total. The van der Waals surface area contributed by atoms with Gasteiger partial charge in [-0.3, -0.25) is 10.1 Å². The molecule has 0 aliphatic heterocycles. The van der Waals surface area contributed by atoms with Crippen LogP contribution in [-0.2, 0) is 6.54 Å². The summed E-state index contributed by atoms with van der Waals surface area (Å²) in [6.07, 6.45) is 8.15. The van der Waals surface area contributed by atoms with Crippen molar-refractivity contribution >= 4 is 5.69 Å². The summed E-state index contributed by atoms with van der Waals surface area (Å²) in [6, 6.07) is 5.86. The predicted octanol–water partition coefficient (Wildman–Crippen LogP) is 3.56. The standard InChI is InChI=1S/C16H22N2O3/c19-18(20)15-9-6-12(11-17-13-7-8-13)10-16(15)21-14-4-2-1-3-5-14/h6,9-10,13-14,17H,1-5,7-8,11H2. The maximum atomic E-state index is 11.2. The second-order valence-corrected chi connectivity index (χ2v) is 6.09. The van der Waals surface area contributed by atoms with Crippen LogP contribution in [0.2, 0.25) is 0 Å². The molecule has 2 aliphatic rings. The molecule has 114 valence electrons. The van der Waals surface area contributed by atoms with Crippen LogP contribution in [0.25, 0.3) is 0 Å². The van der Waals surface area contributed by atoms with Crippen molar-refractivity contribution in [1.82, 2.24) is 5.32 Å². The van der Waals surface area contributed by atoms with Crippen molar-refractivity contribution in [3.63, 3.8) is 0 Å². The lowest BCUT2D eigenvalue weighted by Gasteiger charge is -2.23. The molecule has 2 fully saturated rings. The van der Waals surface area contributed by atoms with Crippen molar-refractivity contribution in [2.24, 2.45) is 0 Å². The van der Waals surface area contributed by atoms with Crippen LogP contribution >= 0.6 is 0 Å². The normalized spacial score (nSPS) is 19.4. The summed E-state index contributed by atoms with van der Waals surface area (Å²) in [5, 5.41) is 14.6. The molecule has 0 unspecified atom stereocenters. The summed E-state index contributed by atoms with van der Waals surface area (Å²) in [6.45, 7) is 0.754. The molecule has 0 saturated heterocycles. The number of nitrogens with one attached hydrogen (secondary N) is 1. The lowest BCUT2D eigenvalue weighted by atomic mass is 9.98. The molecule has 0 spiro atoms. The fraction of sp³-hybridized carbons (Fsp3) is 0.625. The molecule has 5 nitrogen and oxygen atoms in total. The Morgan fingerprint density at radius 1 is 1.19 bits per heavy atom. The topological polar surface area (TPSA) is 64.4 Å². The number of hydrogen-bond acceptors (Lipinski definition) is 4. The summed E-state index contributed by atoms with van der Waals surface area (Å²) in [5.41, 5.74) is 1.13. The Morgan fingerprint density at radius 2 is 1.95 bits per heavy atom. The second-order valence-electron chi connectivity index (χ2n) is 6.09. The quantitative estimate of drug-likeness (QED) is 0.642. The van der Waals surface area contributed by atoms with E-state index in [9.17, 15) is 10.1 Å². The van der Waals surface area contributed by atoms with Crippen molar-refractivity contribution in [2.75, 3.05) is 0 Å². The van der Waals surface area contributed by atoms with Crippen LogP contribution in [0.15, 0.2) is 18.2 Å². The molecule has 0 aromatic heterocycles. The molecule has 3 rings (SSSR count). The first-order valence-electron chi connectivity index (χ1n) is 7.90. The van der Waals surface area contributed by atoms with Gasteiger partial charge in [-0.15, -0.1) is 0 Å². The third-order valence-electron chi connectivity index (χ3n) is 4.24. The van der Waals surface area contributed by atoms with Gasteiger partial charge in [-0.1, -0.05) is 12.5 Å². The highest BCUT2D eigenvalue weighted by Gasteiger charge is 2.23. The molecule has 1 aromatic rings. The number of ether oxygens (including phenoxy) is 1. The van der Waals surface area contributed by atoms with E-state index in [1.807, 2.05) is 12.1 Å². The zero-order valence-electron chi connectivity index (χ0n) is 12.2. The smallest absolute Gasteiger partial charge is 0.310 e. The number of nitro groups is 1. The van der Waals surface area contributed by atoms with Crippen LogP contribution in [0.3, 0.4) is 0 Å². The van der Waals surface area contributed by atoms with Gasteiger partial charge in [0.15, 0.2) is 5.75 Å². The summed E-state index contributed by atoms with van der Waals surface area (Å²) in [4.78, 5) is 10.8. The Labute approximate surface area is 124 Å². The van der Waals surface area contributed by atoms with Gasteiger partial charge in [0.2, 0.25) is 0 Å². The molecular weight excluding hydrogens is 268 g/mol. The molecule has 21 heavy (non-hydrogen) atoms. The van der Waals surface area contributed by atoms with Crippen LogP contribution in [0, 0.1) is 10.1 Å². The van der Waals surface area contributed by atoms with E-state index in [-0.39, 0.29) is 16.7 Å². The largest absolute Gasteiger partial charge is 0.483 e. The van der Waals surface area contributed by atoms with Crippen molar-refractivity contribution in [1.29, 1.82) is 0 Å². The summed E-state index contributed by atoms with van der Waals surface area (Å²) in [7, 11) is 0. The highest BCUT2D eigenvalue weighted by atomic mass is 16.6. The number of rotatable bonds is 6. The van der Waals surface area contributed by atoms with Gasteiger partial charge in [0.25, 0.3) is 0 Å². The van der Waals surface area contributed by atoms with E-state index in [1.54, 1.807) is 6.07 Å². The number of benzene rings is 1. The van der Waals surface area contributed by atoms with E-state index in [1.165, 1.54) is 19.3 Å². The van der Waals surface area contributed by atoms with Crippen molar-refractivity contribution in [2.45, 2.75) is 63.6 Å². The zero-order valence-corrected chi connectivity index (χ0v) is 12.2. The lowest BCUT2D eigenvalue weighted by molar-refractivity contribution is -0.386. The monoisotopic (exact) mass is 290 g/mol. The fourth-order valence-corrected chi connectivity index (χ4v) is 2.83. The average molecular weight is 290 g/mol. The minimum Gasteiger partial charge on any atom is -0.483 e. The maximum Gasteiger partial charge on any atom is 0.310 e. The second kappa shape index (κ2) is 6.43. The predicted molar refractivity (Wildman–Crippen MR) is 80.5 cm³/mol. The summed E-state index contributed by atoms with van der Waals surface area (Å²) in [5.74, 6) is 0.432. The Balaban J connectivity index is 1.72. The van der Waals surface area contributed by atoms with Gasteiger partial charge in [-0.05, 0) is 50.2 Å². The Bertz CT molecular complexity index is 508. The van der Waals surface area contributed by atoms with E-state index in [0.29, 0.717) is 11.8 Å². The van der Waals surface area contributed by atoms with Crippen LogP contribution < -0.4 is 10.1 Å². The molecule has 5 heteroatoms. The Morgan fingerprint density at radius 3 is 2.62 bits per heavy atom. The van der Waals surface area contributed by atoms with Crippen LogP contribution in [0.1, 0.15) is 50.5 Å². The molecule has 2 saturated carbocycles. The third-order valence-corrected chi connectivity index (χ3v) is 4.24. The molecule has 0 radical (unpaired) electrons. The highest BCUT2D eigenvalue weighted by Crippen LogP contribution is 2.32. The molecule has 2 aliphatic carbocycles. The van der Waals surface area contributed by atoms with E-state index in [0.717, 1.165) is 37.8 Å². The molecule has 1 aromatic carbocycles. The van der Waals surface area contributed by atoms with Crippen LogP contribution in [-0.4, -0.2) is 17.1 Å². The van der Waals surface area contributed by atoms with Gasteiger partial charge in [0, 0.05) is 18.7 Å². The van der Waals surface area contributed by atoms with Gasteiger partial charge >= 0.3 is 5.69 Å². The van der Waals surface area contributed by atoms with Crippen LogP contribution in [0.5, 0.6) is 5.75 Å². The van der Waals surface area contributed by atoms with E-state index in [4.69, 9.17) is 4.74 Å². The molecule has 0 heterocycles. The summed E-state index contributed by atoms with van der Waals surface area (Å²) >= 11 is 0. The molecular formula is C16H22N2O3.